The Kier molecular flexibility index (Phi) is 4.01. The fraction of sp³-hybridized carbons (Fsp3) is 0.263. The van der Waals surface area contributed by atoms with Crippen molar-refractivity contribution in [3.8, 4) is 5.75 Å². The van der Waals surface area contributed by atoms with E-state index >= 15 is 0 Å². The molecule has 24 heavy (non-hydrogen) atoms. The lowest BCUT2D eigenvalue weighted by atomic mass is 10.0. The molecule has 0 aliphatic heterocycles. The average molecular weight is 325 g/mol. The van der Waals surface area contributed by atoms with Gasteiger partial charge in [0.2, 0.25) is 5.91 Å². The standard InChI is InChI=1S/C19H19NO4/c1-12-11-19(12,18(23)24)17(22)20-15-10-14(7-8-16(15)21)9-13-5-3-2-4-6-13/h2-8,10,12,21H,9,11H2,1H3,(H,20,22)(H,23,24)/t12-,19+/m1/s1. The van der Waals surface area contributed by atoms with E-state index in [-0.39, 0.29) is 17.4 Å². The Morgan fingerprint density at radius 1 is 1.17 bits per heavy atom. The van der Waals surface area contributed by atoms with Crippen molar-refractivity contribution >= 4 is 17.6 Å². The van der Waals surface area contributed by atoms with Crippen molar-refractivity contribution in [3.63, 3.8) is 0 Å². The van der Waals surface area contributed by atoms with Crippen molar-refractivity contribution in [2.24, 2.45) is 11.3 Å². The van der Waals surface area contributed by atoms with Gasteiger partial charge in [-0.05, 0) is 42.0 Å². The lowest BCUT2D eigenvalue weighted by Crippen LogP contribution is -2.33. The third-order valence-electron chi connectivity index (χ3n) is 4.66. The molecule has 0 spiro atoms. The summed E-state index contributed by atoms with van der Waals surface area (Å²) in [6.45, 7) is 1.74. The van der Waals surface area contributed by atoms with Gasteiger partial charge in [-0.2, -0.15) is 0 Å². The number of phenols is 1. The van der Waals surface area contributed by atoms with Crippen LogP contribution in [0.25, 0.3) is 0 Å². The number of rotatable bonds is 5. The van der Waals surface area contributed by atoms with Crippen LogP contribution in [0.3, 0.4) is 0 Å². The third kappa shape index (κ3) is 2.85. The summed E-state index contributed by atoms with van der Waals surface area (Å²) in [6, 6.07) is 14.8. The molecule has 2 aromatic rings. The van der Waals surface area contributed by atoms with Crippen molar-refractivity contribution in [2.45, 2.75) is 19.8 Å². The van der Waals surface area contributed by atoms with Gasteiger partial charge >= 0.3 is 5.97 Å². The minimum absolute atomic E-state index is 0.0750. The number of anilines is 1. The fourth-order valence-corrected chi connectivity index (χ4v) is 2.99. The largest absolute Gasteiger partial charge is 0.506 e. The van der Waals surface area contributed by atoms with E-state index in [1.54, 1.807) is 19.1 Å². The zero-order valence-electron chi connectivity index (χ0n) is 13.3. The Balaban J connectivity index is 1.80. The number of phenolic OH excluding ortho intramolecular Hbond substituents is 1. The van der Waals surface area contributed by atoms with Crippen molar-refractivity contribution in [2.75, 3.05) is 5.32 Å². The van der Waals surface area contributed by atoms with E-state index in [0.717, 1.165) is 11.1 Å². The molecule has 124 valence electrons. The van der Waals surface area contributed by atoms with Gasteiger partial charge in [0.25, 0.3) is 0 Å². The first-order valence-corrected chi connectivity index (χ1v) is 7.84. The van der Waals surface area contributed by atoms with Crippen LogP contribution in [-0.2, 0) is 16.0 Å². The number of carboxylic acid groups (broad SMARTS) is 1. The molecule has 1 aliphatic carbocycles. The second-order valence-electron chi connectivity index (χ2n) is 6.35. The molecule has 3 N–H and O–H groups in total. The summed E-state index contributed by atoms with van der Waals surface area (Å²) in [4.78, 5) is 23.8. The molecule has 5 heteroatoms. The summed E-state index contributed by atoms with van der Waals surface area (Å²) >= 11 is 0. The van der Waals surface area contributed by atoms with E-state index in [9.17, 15) is 19.8 Å². The summed E-state index contributed by atoms with van der Waals surface area (Å²) in [5.41, 5.74) is 0.899. The van der Waals surface area contributed by atoms with Crippen molar-refractivity contribution in [1.29, 1.82) is 0 Å². The predicted molar refractivity (Wildman–Crippen MR) is 89.8 cm³/mol. The summed E-state index contributed by atoms with van der Waals surface area (Å²) in [6.07, 6.45) is 0.975. The van der Waals surface area contributed by atoms with Gasteiger partial charge in [-0.1, -0.05) is 43.3 Å². The normalized spacial score (nSPS) is 22.0. The maximum Gasteiger partial charge on any atom is 0.319 e. The lowest BCUT2D eigenvalue weighted by Gasteiger charge is -2.14. The number of amides is 1. The van der Waals surface area contributed by atoms with Gasteiger partial charge in [0.1, 0.15) is 11.2 Å². The zero-order valence-corrected chi connectivity index (χ0v) is 13.3. The summed E-state index contributed by atoms with van der Waals surface area (Å²) in [7, 11) is 0. The van der Waals surface area contributed by atoms with E-state index in [4.69, 9.17) is 0 Å². The molecule has 3 rings (SSSR count). The molecule has 0 saturated heterocycles. The number of benzene rings is 2. The predicted octanol–water partition coefficient (Wildman–Crippen LogP) is 3.03. The Hall–Kier alpha value is -2.82. The van der Waals surface area contributed by atoms with E-state index in [2.05, 4.69) is 5.32 Å². The van der Waals surface area contributed by atoms with E-state index < -0.39 is 17.3 Å². The summed E-state index contributed by atoms with van der Waals surface area (Å²) < 4.78 is 0. The van der Waals surface area contributed by atoms with Gasteiger partial charge in [-0.25, -0.2) is 0 Å². The Morgan fingerprint density at radius 2 is 1.83 bits per heavy atom. The number of carbonyl (C=O) groups excluding carboxylic acids is 1. The van der Waals surface area contributed by atoms with E-state index in [0.29, 0.717) is 12.8 Å². The van der Waals surface area contributed by atoms with Gasteiger partial charge in [-0.3, -0.25) is 9.59 Å². The topological polar surface area (TPSA) is 86.6 Å². The molecule has 0 unspecified atom stereocenters. The number of hydrogen-bond donors (Lipinski definition) is 3. The molecule has 0 heterocycles. The minimum Gasteiger partial charge on any atom is -0.506 e. The summed E-state index contributed by atoms with van der Waals surface area (Å²) in [5.74, 6) is -1.97. The van der Waals surface area contributed by atoms with Crippen molar-refractivity contribution < 1.29 is 19.8 Å². The number of carboxylic acids is 1. The Bertz CT molecular complexity index is 787. The van der Waals surface area contributed by atoms with Crippen LogP contribution in [0.2, 0.25) is 0 Å². The van der Waals surface area contributed by atoms with Crippen LogP contribution in [-0.4, -0.2) is 22.1 Å². The van der Waals surface area contributed by atoms with Gasteiger partial charge < -0.3 is 15.5 Å². The number of aromatic hydroxyl groups is 1. The van der Waals surface area contributed by atoms with Crippen LogP contribution in [0.1, 0.15) is 24.5 Å². The highest BCUT2D eigenvalue weighted by Crippen LogP contribution is 2.53. The molecule has 0 aromatic heterocycles. The first-order chi connectivity index (χ1) is 11.4. The van der Waals surface area contributed by atoms with Crippen LogP contribution in [0.4, 0.5) is 5.69 Å². The van der Waals surface area contributed by atoms with E-state index in [1.165, 1.54) is 6.07 Å². The molecule has 0 radical (unpaired) electrons. The molecular formula is C19H19NO4. The molecule has 2 atom stereocenters. The van der Waals surface area contributed by atoms with Crippen LogP contribution in [0.5, 0.6) is 5.75 Å². The van der Waals surface area contributed by atoms with Gasteiger partial charge in [0.05, 0.1) is 5.69 Å². The highest BCUT2D eigenvalue weighted by Gasteiger charge is 2.63. The maximum absolute atomic E-state index is 12.4. The molecule has 1 aliphatic rings. The number of hydrogen-bond acceptors (Lipinski definition) is 3. The van der Waals surface area contributed by atoms with Gasteiger partial charge in [0, 0.05) is 0 Å². The summed E-state index contributed by atoms with van der Waals surface area (Å²) in [5, 5.41) is 21.9. The van der Waals surface area contributed by atoms with Crippen LogP contribution in [0, 0.1) is 11.3 Å². The van der Waals surface area contributed by atoms with Crippen LogP contribution >= 0.6 is 0 Å². The zero-order chi connectivity index (χ0) is 17.3. The van der Waals surface area contributed by atoms with Crippen molar-refractivity contribution in [1.82, 2.24) is 0 Å². The molecule has 1 amide bonds. The molecule has 1 fully saturated rings. The first kappa shape index (κ1) is 16.1. The van der Waals surface area contributed by atoms with Crippen LogP contribution in [0.15, 0.2) is 48.5 Å². The molecular weight excluding hydrogens is 306 g/mol. The molecule has 2 aromatic carbocycles. The Morgan fingerprint density at radius 3 is 2.42 bits per heavy atom. The lowest BCUT2D eigenvalue weighted by molar-refractivity contribution is -0.148. The second-order valence-corrected chi connectivity index (χ2v) is 6.35. The maximum atomic E-state index is 12.4. The quantitative estimate of drug-likeness (QED) is 0.582. The smallest absolute Gasteiger partial charge is 0.319 e. The highest BCUT2D eigenvalue weighted by atomic mass is 16.4. The monoisotopic (exact) mass is 325 g/mol. The van der Waals surface area contributed by atoms with E-state index in [1.807, 2.05) is 30.3 Å². The Labute approximate surface area is 139 Å². The first-order valence-electron chi connectivity index (χ1n) is 7.84. The highest BCUT2D eigenvalue weighted by molar-refractivity contribution is 6.11. The van der Waals surface area contributed by atoms with Crippen molar-refractivity contribution in [3.05, 3.63) is 59.7 Å². The minimum atomic E-state index is -1.37. The number of carbonyl (C=O) groups is 2. The molecule has 0 bridgehead atoms. The second kappa shape index (κ2) is 6.00. The molecule has 1 saturated carbocycles. The van der Waals surface area contributed by atoms with Gasteiger partial charge in [0.15, 0.2) is 0 Å². The number of aliphatic carboxylic acids is 1. The van der Waals surface area contributed by atoms with Crippen LogP contribution < -0.4 is 5.32 Å². The number of nitrogens with one attached hydrogen (secondary N) is 1. The fourth-order valence-electron chi connectivity index (χ4n) is 2.99. The molecule has 5 nitrogen and oxygen atoms in total. The average Bonchev–Trinajstić information content (AvgIpc) is 3.24. The SMILES string of the molecule is C[C@@H]1C[C@@]1(C(=O)O)C(=O)Nc1cc(Cc2ccccc2)ccc1O. The third-order valence-corrected chi connectivity index (χ3v) is 4.66. The van der Waals surface area contributed by atoms with Gasteiger partial charge in [-0.15, -0.1) is 0 Å².